The number of carbonyl (C=O) groups excluding carboxylic acids is 1. The number of nitrogens with one attached hydrogen (secondary N) is 1. The largest absolute Gasteiger partial charge is 0.483 e. The molecule has 29 heavy (non-hydrogen) atoms. The van der Waals surface area contributed by atoms with E-state index in [0.29, 0.717) is 30.0 Å². The molecule has 0 aliphatic heterocycles. The molecule has 0 unspecified atom stereocenters. The minimum absolute atomic E-state index is 0.149. The number of rotatable bonds is 9. The third-order valence-corrected chi connectivity index (χ3v) is 4.73. The zero-order chi connectivity index (χ0) is 20.5. The quantitative estimate of drug-likeness (QED) is 0.491. The number of carbonyl (C=O) groups is 1. The minimum Gasteiger partial charge on any atom is -0.483 e. The molecule has 3 aromatic carbocycles. The van der Waals surface area contributed by atoms with Gasteiger partial charge in [-0.05, 0) is 50.8 Å². The summed E-state index contributed by atoms with van der Waals surface area (Å²) in [6.45, 7) is 1.29. The third kappa shape index (κ3) is 7.00. The monoisotopic (exact) mass is 457 g/mol. The van der Waals surface area contributed by atoms with Gasteiger partial charge in [-0.2, -0.15) is 0 Å². The summed E-state index contributed by atoms with van der Waals surface area (Å²) in [5.41, 5.74) is 3.14. The molecular formula is C23H21BrFNO3. The maximum atomic E-state index is 13.1. The summed E-state index contributed by atoms with van der Waals surface area (Å²) in [6, 6.07) is 21.9. The van der Waals surface area contributed by atoms with E-state index in [4.69, 9.17) is 9.47 Å². The summed E-state index contributed by atoms with van der Waals surface area (Å²) in [7, 11) is 0. The van der Waals surface area contributed by atoms with Gasteiger partial charge in [0.1, 0.15) is 11.6 Å². The molecule has 4 nitrogen and oxygen atoms in total. The highest BCUT2D eigenvalue weighted by molar-refractivity contribution is 9.10. The lowest BCUT2D eigenvalue weighted by Gasteiger charge is -2.10. The van der Waals surface area contributed by atoms with Crippen LogP contribution in [0.1, 0.15) is 16.7 Å². The Balaban J connectivity index is 1.43. The summed E-state index contributed by atoms with van der Waals surface area (Å²) in [5.74, 6) is -0.215. The molecule has 0 aliphatic carbocycles. The maximum absolute atomic E-state index is 13.1. The van der Waals surface area contributed by atoms with Crippen molar-refractivity contribution >= 4 is 21.8 Å². The summed E-state index contributed by atoms with van der Waals surface area (Å²) >= 11 is 3.21. The molecule has 0 saturated carbocycles. The van der Waals surface area contributed by atoms with Gasteiger partial charge in [-0.3, -0.25) is 4.79 Å². The fourth-order valence-corrected chi connectivity index (χ4v) is 3.14. The van der Waals surface area contributed by atoms with Gasteiger partial charge in [-0.1, -0.05) is 54.6 Å². The number of hydrogen-bond acceptors (Lipinski definition) is 3. The SMILES string of the molecule is O=C(COc1ccc(F)cc1Br)NCc1cccc(COCc2ccccc2)c1. The topological polar surface area (TPSA) is 47.6 Å². The molecule has 0 atom stereocenters. The van der Waals surface area contributed by atoms with Crippen molar-refractivity contribution in [3.05, 3.63) is 99.8 Å². The normalized spacial score (nSPS) is 10.6. The van der Waals surface area contributed by atoms with Crippen molar-refractivity contribution in [2.24, 2.45) is 0 Å². The van der Waals surface area contributed by atoms with Crippen molar-refractivity contribution in [2.75, 3.05) is 6.61 Å². The summed E-state index contributed by atoms with van der Waals surface area (Å²) in [6.07, 6.45) is 0. The molecule has 0 radical (unpaired) electrons. The average Bonchev–Trinajstić information content (AvgIpc) is 2.73. The Bertz CT molecular complexity index is 950. The van der Waals surface area contributed by atoms with E-state index in [1.165, 1.54) is 18.2 Å². The number of benzene rings is 3. The van der Waals surface area contributed by atoms with Crippen molar-refractivity contribution in [3.8, 4) is 5.75 Å². The Hall–Kier alpha value is -2.70. The molecule has 150 valence electrons. The van der Waals surface area contributed by atoms with Crippen LogP contribution < -0.4 is 10.1 Å². The van der Waals surface area contributed by atoms with Crippen LogP contribution in [0.3, 0.4) is 0 Å². The zero-order valence-corrected chi connectivity index (χ0v) is 17.3. The van der Waals surface area contributed by atoms with Crippen LogP contribution in [0.5, 0.6) is 5.75 Å². The highest BCUT2D eigenvalue weighted by atomic mass is 79.9. The second-order valence-electron chi connectivity index (χ2n) is 6.44. The van der Waals surface area contributed by atoms with E-state index in [2.05, 4.69) is 21.2 Å². The van der Waals surface area contributed by atoms with E-state index >= 15 is 0 Å². The predicted octanol–water partition coefficient (Wildman–Crippen LogP) is 5.00. The first kappa shape index (κ1) is 21.0. The number of ether oxygens (including phenoxy) is 2. The number of hydrogen-bond donors (Lipinski definition) is 1. The molecule has 3 aromatic rings. The summed E-state index contributed by atoms with van der Waals surface area (Å²) in [5, 5.41) is 2.82. The van der Waals surface area contributed by atoms with Gasteiger partial charge in [-0.25, -0.2) is 4.39 Å². The van der Waals surface area contributed by atoms with Gasteiger partial charge in [0, 0.05) is 6.54 Å². The van der Waals surface area contributed by atoms with Gasteiger partial charge >= 0.3 is 0 Å². The Kier molecular flexibility index (Phi) is 7.78. The molecule has 6 heteroatoms. The Morgan fingerprint density at radius 1 is 0.897 bits per heavy atom. The first-order valence-corrected chi connectivity index (χ1v) is 9.93. The van der Waals surface area contributed by atoms with Crippen molar-refractivity contribution in [2.45, 2.75) is 19.8 Å². The molecule has 0 saturated heterocycles. The van der Waals surface area contributed by atoms with E-state index in [9.17, 15) is 9.18 Å². The van der Waals surface area contributed by atoms with Gasteiger partial charge in [0.25, 0.3) is 5.91 Å². The van der Waals surface area contributed by atoms with Crippen LogP contribution >= 0.6 is 15.9 Å². The van der Waals surface area contributed by atoms with Gasteiger partial charge in [0.05, 0.1) is 17.7 Å². The van der Waals surface area contributed by atoms with E-state index in [1.807, 2.05) is 54.6 Å². The lowest BCUT2D eigenvalue weighted by molar-refractivity contribution is -0.123. The molecule has 3 rings (SSSR count). The second kappa shape index (κ2) is 10.7. The Morgan fingerprint density at radius 3 is 2.41 bits per heavy atom. The molecule has 0 bridgehead atoms. The highest BCUT2D eigenvalue weighted by Crippen LogP contribution is 2.25. The van der Waals surface area contributed by atoms with Crippen molar-refractivity contribution in [1.29, 1.82) is 0 Å². The lowest BCUT2D eigenvalue weighted by Crippen LogP contribution is -2.28. The van der Waals surface area contributed by atoms with Crippen molar-refractivity contribution in [1.82, 2.24) is 5.32 Å². The molecule has 0 fully saturated rings. The molecule has 0 heterocycles. The smallest absolute Gasteiger partial charge is 0.258 e. The van der Waals surface area contributed by atoms with E-state index in [0.717, 1.165) is 16.7 Å². The number of amides is 1. The summed E-state index contributed by atoms with van der Waals surface area (Å²) in [4.78, 5) is 12.0. The second-order valence-corrected chi connectivity index (χ2v) is 7.29. The molecule has 0 spiro atoms. The molecule has 0 aromatic heterocycles. The molecular weight excluding hydrogens is 437 g/mol. The van der Waals surface area contributed by atoms with Crippen LogP contribution in [0, 0.1) is 5.82 Å². The minimum atomic E-state index is -0.374. The van der Waals surface area contributed by atoms with Crippen LogP contribution in [-0.4, -0.2) is 12.5 Å². The van der Waals surface area contributed by atoms with Crippen LogP contribution in [0.25, 0.3) is 0 Å². The van der Waals surface area contributed by atoms with Crippen molar-refractivity contribution < 1.29 is 18.7 Å². The predicted molar refractivity (Wildman–Crippen MR) is 113 cm³/mol. The fourth-order valence-electron chi connectivity index (χ4n) is 2.68. The zero-order valence-electron chi connectivity index (χ0n) is 15.7. The fraction of sp³-hybridized carbons (Fsp3) is 0.174. The van der Waals surface area contributed by atoms with E-state index in [-0.39, 0.29) is 18.3 Å². The van der Waals surface area contributed by atoms with Gasteiger partial charge < -0.3 is 14.8 Å². The Morgan fingerprint density at radius 2 is 1.62 bits per heavy atom. The standard InChI is InChI=1S/C23H21BrFNO3/c24-21-12-20(25)9-10-22(21)29-16-23(27)26-13-18-7-4-8-19(11-18)15-28-14-17-5-2-1-3-6-17/h1-12H,13-16H2,(H,26,27). The number of halogens is 2. The molecule has 1 N–H and O–H groups in total. The summed E-state index contributed by atoms with van der Waals surface area (Å²) < 4.78 is 24.7. The lowest BCUT2D eigenvalue weighted by atomic mass is 10.1. The van der Waals surface area contributed by atoms with Crippen LogP contribution in [0.4, 0.5) is 4.39 Å². The van der Waals surface area contributed by atoms with Crippen LogP contribution in [0.2, 0.25) is 0 Å². The van der Waals surface area contributed by atoms with Gasteiger partial charge in [-0.15, -0.1) is 0 Å². The highest BCUT2D eigenvalue weighted by Gasteiger charge is 2.07. The first-order valence-electron chi connectivity index (χ1n) is 9.14. The maximum Gasteiger partial charge on any atom is 0.258 e. The molecule has 1 amide bonds. The van der Waals surface area contributed by atoms with Gasteiger partial charge in [0.15, 0.2) is 6.61 Å². The van der Waals surface area contributed by atoms with E-state index < -0.39 is 0 Å². The Labute approximate surface area is 177 Å². The molecule has 0 aliphatic rings. The van der Waals surface area contributed by atoms with Gasteiger partial charge in [0.2, 0.25) is 0 Å². The average molecular weight is 458 g/mol. The van der Waals surface area contributed by atoms with E-state index in [1.54, 1.807) is 0 Å². The van der Waals surface area contributed by atoms with Crippen LogP contribution in [0.15, 0.2) is 77.3 Å². The van der Waals surface area contributed by atoms with Crippen molar-refractivity contribution in [3.63, 3.8) is 0 Å². The third-order valence-electron chi connectivity index (χ3n) is 4.11. The first-order chi connectivity index (χ1) is 14.1. The van der Waals surface area contributed by atoms with Crippen LogP contribution in [-0.2, 0) is 29.3 Å².